The molecule has 2 aromatic heterocycles. The van der Waals surface area contributed by atoms with Gasteiger partial charge in [0.25, 0.3) is 0 Å². The molecule has 102 valence electrons. The highest BCUT2D eigenvalue weighted by Gasteiger charge is 2.06. The van der Waals surface area contributed by atoms with Crippen molar-refractivity contribution in [2.45, 2.75) is 6.54 Å². The summed E-state index contributed by atoms with van der Waals surface area (Å²) in [6, 6.07) is 11.7. The normalized spacial score (nSPS) is 10.7. The predicted molar refractivity (Wildman–Crippen MR) is 73.7 cm³/mol. The minimum absolute atomic E-state index is 0.631. The van der Waals surface area contributed by atoms with Crippen LogP contribution in [0, 0.1) is 0 Å². The summed E-state index contributed by atoms with van der Waals surface area (Å²) in [6.45, 7) is 0.741. The summed E-state index contributed by atoms with van der Waals surface area (Å²) in [7, 11) is 3.63. The Bertz CT molecular complexity index is 708. The first-order valence-corrected chi connectivity index (χ1v) is 6.16. The van der Waals surface area contributed by atoms with Crippen molar-refractivity contribution < 1.29 is 4.74 Å². The molecule has 0 N–H and O–H groups in total. The van der Waals surface area contributed by atoms with Crippen LogP contribution < -0.4 is 9.64 Å². The number of rotatable bonds is 4. The lowest BCUT2D eigenvalue weighted by Crippen LogP contribution is -2.18. The molecule has 0 spiro atoms. The Morgan fingerprint density at radius 1 is 1.15 bits per heavy atom. The van der Waals surface area contributed by atoms with Gasteiger partial charge in [0.1, 0.15) is 5.75 Å². The highest BCUT2D eigenvalue weighted by Crippen LogP contribution is 2.15. The number of hydrogen-bond acceptors (Lipinski definition) is 6. The second-order valence-corrected chi connectivity index (χ2v) is 4.42. The molecule has 0 saturated heterocycles. The van der Waals surface area contributed by atoms with Gasteiger partial charge in [-0.2, -0.15) is 0 Å². The van der Waals surface area contributed by atoms with Gasteiger partial charge in [0.15, 0.2) is 11.5 Å². The second kappa shape index (κ2) is 5.12. The van der Waals surface area contributed by atoms with Crippen molar-refractivity contribution in [3.05, 3.63) is 42.0 Å². The monoisotopic (exact) mass is 270 g/mol. The fourth-order valence-electron chi connectivity index (χ4n) is 1.93. The maximum Gasteiger partial charge on any atom is 0.200 e. The summed E-state index contributed by atoms with van der Waals surface area (Å²) >= 11 is 0. The van der Waals surface area contributed by atoms with Crippen LogP contribution in [0.4, 0.5) is 5.82 Å². The van der Waals surface area contributed by atoms with E-state index < -0.39 is 0 Å². The summed E-state index contributed by atoms with van der Waals surface area (Å²) in [6.07, 6.45) is 0. The van der Waals surface area contributed by atoms with Crippen LogP contribution in [0.2, 0.25) is 0 Å². The van der Waals surface area contributed by atoms with E-state index in [2.05, 4.69) is 20.6 Å². The Morgan fingerprint density at radius 3 is 2.70 bits per heavy atom. The Balaban J connectivity index is 1.78. The number of methoxy groups -OCH3 is 1. The Morgan fingerprint density at radius 2 is 1.95 bits per heavy atom. The van der Waals surface area contributed by atoms with Crippen LogP contribution in [0.15, 0.2) is 36.4 Å². The summed E-state index contributed by atoms with van der Waals surface area (Å²) < 4.78 is 6.56. The molecule has 2 heterocycles. The lowest BCUT2D eigenvalue weighted by molar-refractivity contribution is 0.414. The summed E-state index contributed by atoms with van der Waals surface area (Å²) in [4.78, 5) is 2.03. The zero-order chi connectivity index (χ0) is 13.9. The van der Waals surface area contributed by atoms with E-state index in [0.29, 0.717) is 5.65 Å². The third kappa shape index (κ3) is 2.37. The van der Waals surface area contributed by atoms with Crippen LogP contribution in [0.5, 0.6) is 5.75 Å². The van der Waals surface area contributed by atoms with Gasteiger partial charge in [0.2, 0.25) is 0 Å². The average Bonchev–Trinajstić information content (AvgIpc) is 2.95. The van der Waals surface area contributed by atoms with Gasteiger partial charge in [-0.1, -0.05) is 12.1 Å². The average molecular weight is 270 g/mol. The molecule has 0 aliphatic carbocycles. The zero-order valence-corrected chi connectivity index (χ0v) is 11.3. The SMILES string of the molecule is COc1ccc(CN(C)c2ccc3nnnn3n2)cc1. The summed E-state index contributed by atoms with van der Waals surface area (Å²) in [5.41, 5.74) is 1.80. The van der Waals surface area contributed by atoms with E-state index in [9.17, 15) is 0 Å². The molecular weight excluding hydrogens is 256 g/mol. The topological polar surface area (TPSA) is 68.4 Å². The van der Waals surface area contributed by atoms with Crippen molar-refractivity contribution in [1.29, 1.82) is 0 Å². The van der Waals surface area contributed by atoms with Crippen molar-refractivity contribution in [3.63, 3.8) is 0 Å². The third-order valence-electron chi connectivity index (χ3n) is 3.03. The molecule has 3 rings (SSSR count). The van der Waals surface area contributed by atoms with Crippen molar-refractivity contribution >= 4 is 11.5 Å². The lowest BCUT2D eigenvalue weighted by atomic mass is 10.2. The predicted octanol–water partition coefficient (Wildman–Crippen LogP) is 1.16. The minimum atomic E-state index is 0.631. The highest BCUT2D eigenvalue weighted by molar-refractivity contribution is 5.44. The van der Waals surface area contributed by atoms with Crippen LogP contribution in [-0.2, 0) is 6.54 Å². The molecular formula is C13H14N6O. The molecule has 0 saturated carbocycles. The molecule has 0 bridgehead atoms. The number of aromatic nitrogens is 5. The van der Waals surface area contributed by atoms with Crippen molar-refractivity contribution in [2.24, 2.45) is 0 Å². The first kappa shape index (κ1) is 12.3. The first-order chi connectivity index (χ1) is 9.76. The molecule has 0 amide bonds. The molecule has 0 aliphatic rings. The van der Waals surface area contributed by atoms with Gasteiger partial charge >= 0.3 is 0 Å². The fraction of sp³-hybridized carbons (Fsp3) is 0.231. The van der Waals surface area contributed by atoms with Crippen LogP contribution in [0.1, 0.15) is 5.56 Å². The van der Waals surface area contributed by atoms with Crippen molar-refractivity contribution in [3.8, 4) is 5.75 Å². The number of fused-ring (bicyclic) bond motifs is 1. The van der Waals surface area contributed by atoms with E-state index >= 15 is 0 Å². The van der Waals surface area contributed by atoms with Gasteiger partial charge in [-0.15, -0.1) is 14.8 Å². The summed E-state index contributed by atoms with van der Waals surface area (Å²) in [5.74, 6) is 1.66. The van der Waals surface area contributed by atoms with E-state index in [-0.39, 0.29) is 0 Å². The molecule has 3 aromatic rings. The van der Waals surface area contributed by atoms with Gasteiger partial charge < -0.3 is 9.64 Å². The number of tetrazole rings is 1. The molecule has 1 aromatic carbocycles. The van der Waals surface area contributed by atoms with E-state index in [1.165, 1.54) is 10.2 Å². The highest BCUT2D eigenvalue weighted by atomic mass is 16.5. The maximum absolute atomic E-state index is 5.15. The van der Waals surface area contributed by atoms with E-state index in [0.717, 1.165) is 18.1 Å². The van der Waals surface area contributed by atoms with Crippen LogP contribution in [0.3, 0.4) is 0 Å². The fourth-order valence-corrected chi connectivity index (χ4v) is 1.93. The summed E-state index contributed by atoms with van der Waals surface area (Å²) in [5, 5.41) is 15.5. The molecule has 0 unspecified atom stereocenters. The Kier molecular flexibility index (Phi) is 3.16. The lowest BCUT2D eigenvalue weighted by Gasteiger charge is -2.17. The molecule has 20 heavy (non-hydrogen) atoms. The first-order valence-electron chi connectivity index (χ1n) is 6.16. The van der Waals surface area contributed by atoms with Gasteiger partial charge in [-0.25, -0.2) is 0 Å². The molecule has 0 atom stereocenters. The third-order valence-corrected chi connectivity index (χ3v) is 3.03. The Hall–Kier alpha value is -2.70. The molecule has 0 fully saturated rings. The van der Waals surface area contributed by atoms with Gasteiger partial charge in [0, 0.05) is 13.6 Å². The van der Waals surface area contributed by atoms with Gasteiger partial charge in [-0.05, 0) is 40.3 Å². The van der Waals surface area contributed by atoms with Crippen LogP contribution in [0.25, 0.3) is 5.65 Å². The standard InChI is InChI=1S/C13H14N6O/c1-18(9-10-3-5-11(20-2)6-4-10)13-8-7-12-14-16-17-19(12)15-13/h3-8H,9H2,1-2H3. The minimum Gasteiger partial charge on any atom is -0.497 e. The number of ether oxygens (including phenoxy) is 1. The van der Waals surface area contributed by atoms with Crippen molar-refractivity contribution in [2.75, 3.05) is 19.1 Å². The quantitative estimate of drug-likeness (QED) is 0.708. The van der Waals surface area contributed by atoms with Gasteiger partial charge in [-0.3, -0.25) is 0 Å². The maximum atomic E-state index is 5.15. The van der Waals surface area contributed by atoms with Crippen LogP contribution in [-0.4, -0.2) is 39.4 Å². The zero-order valence-electron chi connectivity index (χ0n) is 11.3. The molecule has 0 radical (unpaired) electrons. The van der Waals surface area contributed by atoms with Crippen molar-refractivity contribution in [1.82, 2.24) is 25.3 Å². The molecule has 0 aliphatic heterocycles. The van der Waals surface area contributed by atoms with E-state index in [4.69, 9.17) is 4.74 Å². The molecule has 7 heteroatoms. The van der Waals surface area contributed by atoms with Gasteiger partial charge in [0.05, 0.1) is 7.11 Å². The number of anilines is 1. The second-order valence-electron chi connectivity index (χ2n) is 4.42. The number of nitrogens with zero attached hydrogens (tertiary/aromatic N) is 6. The van der Waals surface area contributed by atoms with E-state index in [1.54, 1.807) is 7.11 Å². The van der Waals surface area contributed by atoms with E-state index in [1.807, 2.05) is 48.3 Å². The smallest absolute Gasteiger partial charge is 0.200 e. The number of hydrogen-bond donors (Lipinski definition) is 0. The Labute approximate surface area is 115 Å². The largest absolute Gasteiger partial charge is 0.497 e. The number of benzene rings is 1. The van der Waals surface area contributed by atoms with Crippen LogP contribution >= 0.6 is 0 Å². The molecule has 7 nitrogen and oxygen atoms in total.